The standard InChI is InChI=1S/C22H26N4O4.2C2HF3O2/c1-28-18-9-8-17(20(23)24)14-19(18)29-12-13-30-22(27)16-6-4-15(5-7-16)21(25)26-10-2-3-11-26;2*3-2(4,5)1(6)7/h4-9,14,25H,2-3,10-13H2,1H3,(H3,23,24);2*(H,6,7). The molecule has 0 unspecified atom stereocenters. The average molecular weight is 639 g/mol. The van der Waals surface area contributed by atoms with Crippen molar-refractivity contribution in [3.05, 3.63) is 59.2 Å². The minimum atomic E-state index is -5.08. The van der Waals surface area contributed by atoms with Crippen LogP contribution in [0, 0.1) is 10.8 Å². The molecule has 2 aromatic rings. The zero-order valence-electron chi connectivity index (χ0n) is 22.9. The summed E-state index contributed by atoms with van der Waals surface area (Å²) in [7, 11) is 1.52. The first-order valence-corrected chi connectivity index (χ1v) is 12.2. The van der Waals surface area contributed by atoms with E-state index in [1.165, 1.54) is 7.11 Å². The molecule has 1 heterocycles. The normalized spacial score (nSPS) is 12.5. The number of ether oxygens (including phenoxy) is 3. The Morgan fingerprint density at radius 3 is 1.70 bits per heavy atom. The first-order chi connectivity index (χ1) is 20.4. The predicted molar refractivity (Wildman–Crippen MR) is 141 cm³/mol. The summed E-state index contributed by atoms with van der Waals surface area (Å²) in [5.41, 5.74) is 7.22. The van der Waals surface area contributed by atoms with Gasteiger partial charge in [0, 0.05) is 24.2 Å². The lowest BCUT2D eigenvalue weighted by molar-refractivity contribution is -0.193. The van der Waals surface area contributed by atoms with Crippen molar-refractivity contribution in [1.82, 2.24) is 4.90 Å². The lowest BCUT2D eigenvalue weighted by Gasteiger charge is -2.18. The molecule has 2 aromatic carbocycles. The SMILES string of the molecule is COc1ccc(C(=N)N)cc1OCCOC(=O)c1ccc(C(=N)N2CCCC2)cc1.O=C(O)C(F)(F)F.O=C(O)C(F)(F)F. The van der Waals surface area contributed by atoms with Gasteiger partial charge in [-0.2, -0.15) is 26.3 Å². The average Bonchev–Trinajstić information content (AvgIpc) is 3.49. The number of nitrogens with one attached hydrogen (secondary N) is 2. The lowest BCUT2D eigenvalue weighted by atomic mass is 10.1. The lowest BCUT2D eigenvalue weighted by Crippen LogP contribution is -2.27. The highest BCUT2D eigenvalue weighted by atomic mass is 19.4. The van der Waals surface area contributed by atoms with Gasteiger partial charge in [0.1, 0.15) is 24.9 Å². The zero-order valence-corrected chi connectivity index (χ0v) is 22.9. The fourth-order valence-electron chi connectivity index (χ4n) is 3.21. The molecule has 0 bridgehead atoms. The van der Waals surface area contributed by atoms with Crippen LogP contribution in [-0.4, -0.2) is 90.5 Å². The Kier molecular flexibility index (Phi) is 13.9. The number of aliphatic carboxylic acids is 2. The van der Waals surface area contributed by atoms with Crippen LogP contribution in [0.15, 0.2) is 42.5 Å². The number of carbonyl (C=O) groups is 3. The number of carboxylic acid groups (broad SMARTS) is 2. The number of hydrogen-bond donors (Lipinski definition) is 5. The van der Waals surface area contributed by atoms with E-state index in [9.17, 15) is 31.1 Å². The Balaban J connectivity index is 0.000000574. The molecular formula is C26H28F6N4O8. The van der Waals surface area contributed by atoms with E-state index >= 15 is 0 Å². The van der Waals surface area contributed by atoms with E-state index in [-0.39, 0.29) is 19.0 Å². The fourth-order valence-corrected chi connectivity index (χ4v) is 3.21. The van der Waals surface area contributed by atoms with Crippen LogP contribution in [0.25, 0.3) is 0 Å². The van der Waals surface area contributed by atoms with Gasteiger partial charge in [0.2, 0.25) is 0 Å². The number of nitrogen functional groups attached to an aromatic ring is 1. The molecule has 44 heavy (non-hydrogen) atoms. The summed E-state index contributed by atoms with van der Waals surface area (Å²) in [4.78, 5) is 32.1. The topological polar surface area (TPSA) is 196 Å². The number of halogens is 6. The van der Waals surface area contributed by atoms with E-state index in [0.29, 0.717) is 28.5 Å². The Labute approximate surface area is 245 Å². The number of amidine groups is 2. The molecule has 1 saturated heterocycles. The molecular weight excluding hydrogens is 610 g/mol. The number of hydrogen-bond acceptors (Lipinski definition) is 8. The van der Waals surface area contributed by atoms with Crippen molar-refractivity contribution < 1.29 is 65.1 Å². The molecule has 0 amide bonds. The number of rotatable bonds is 8. The Morgan fingerprint density at radius 1 is 0.818 bits per heavy atom. The first kappa shape index (κ1) is 37.0. The molecule has 0 saturated carbocycles. The second kappa shape index (κ2) is 16.6. The number of benzene rings is 2. The number of likely N-dealkylation sites (tertiary alicyclic amines) is 1. The van der Waals surface area contributed by atoms with E-state index in [1.54, 1.807) is 42.5 Å². The van der Waals surface area contributed by atoms with Gasteiger partial charge >= 0.3 is 30.3 Å². The molecule has 0 radical (unpaired) electrons. The van der Waals surface area contributed by atoms with Crippen molar-refractivity contribution in [1.29, 1.82) is 10.8 Å². The van der Waals surface area contributed by atoms with E-state index in [4.69, 9.17) is 50.6 Å². The monoisotopic (exact) mass is 638 g/mol. The maximum Gasteiger partial charge on any atom is 0.490 e. The van der Waals surface area contributed by atoms with Gasteiger partial charge in [-0.15, -0.1) is 0 Å². The van der Waals surface area contributed by atoms with Crippen LogP contribution in [0.1, 0.15) is 34.3 Å². The van der Waals surface area contributed by atoms with Crippen molar-refractivity contribution in [2.75, 3.05) is 33.4 Å². The molecule has 0 atom stereocenters. The molecule has 18 heteroatoms. The van der Waals surface area contributed by atoms with Crippen molar-refractivity contribution in [3.63, 3.8) is 0 Å². The summed E-state index contributed by atoms with van der Waals surface area (Å²) < 4.78 is 79.6. The molecule has 0 spiro atoms. The summed E-state index contributed by atoms with van der Waals surface area (Å²) in [5.74, 6) is -4.63. The summed E-state index contributed by atoms with van der Waals surface area (Å²) in [5, 5.41) is 30.0. The molecule has 1 aliphatic rings. The second-order valence-corrected chi connectivity index (χ2v) is 8.49. The quantitative estimate of drug-likeness (QED) is 0.0930. The minimum Gasteiger partial charge on any atom is -0.493 e. The van der Waals surface area contributed by atoms with Crippen LogP contribution in [-0.2, 0) is 14.3 Å². The van der Waals surface area contributed by atoms with Gasteiger partial charge in [-0.05, 0) is 43.2 Å². The van der Waals surface area contributed by atoms with E-state index in [1.807, 2.05) is 4.90 Å². The number of carbonyl (C=O) groups excluding carboxylic acids is 1. The minimum absolute atomic E-state index is 0.0532. The molecule has 0 aliphatic carbocycles. The second-order valence-electron chi connectivity index (χ2n) is 8.49. The van der Waals surface area contributed by atoms with Gasteiger partial charge < -0.3 is 35.1 Å². The third-order valence-electron chi connectivity index (χ3n) is 5.35. The Hall–Kier alpha value is -5.03. The van der Waals surface area contributed by atoms with Crippen molar-refractivity contribution >= 4 is 29.6 Å². The summed E-state index contributed by atoms with van der Waals surface area (Å²) in [6.07, 6.45) is -7.94. The molecule has 12 nitrogen and oxygen atoms in total. The predicted octanol–water partition coefficient (Wildman–Crippen LogP) is 3.90. The smallest absolute Gasteiger partial charge is 0.490 e. The van der Waals surface area contributed by atoms with Crippen LogP contribution in [0.5, 0.6) is 11.5 Å². The van der Waals surface area contributed by atoms with Crippen molar-refractivity contribution in [2.45, 2.75) is 25.2 Å². The van der Waals surface area contributed by atoms with Gasteiger partial charge in [0.05, 0.1) is 12.7 Å². The van der Waals surface area contributed by atoms with Crippen LogP contribution in [0.2, 0.25) is 0 Å². The largest absolute Gasteiger partial charge is 0.493 e. The van der Waals surface area contributed by atoms with Crippen LogP contribution >= 0.6 is 0 Å². The molecule has 6 N–H and O–H groups in total. The number of carboxylic acids is 2. The third kappa shape index (κ3) is 12.5. The third-order valence-corrected chi connectivity index (χ3v) is 5.35. The van der Waals surface area contributed by atoms with E-state index in [2.05, 4.69) is 0 Å². The van der Waals surface area contributed by atoms with Gasteiger partial charge in [-0.1, -0.05) is 12.1 Å². The van der Waals surface area contributed by atoms with Gasteiger partial charge in [-0.3, -0.25) is 10.8 Å². The Morgan fingerprint density at radius 2 is 1.27 bits per heavy atom. The molecule has 1 fully saturated rings. The zero-order chi connectivity index (χ0) is 33.7. The summed E-state index contributed by atoms with van der Waals surface area (Å²) >= 11 is 0. The number of alkyl halides is 6. The maximum atomic E-state index is 12.2. The van der Waals surface area contributed by atoms with Gasteiger partial charge in [0.15, 0.2) is 11.5 Å². The van der Waals surface area contributed by atoms with Crippen LogP contribution < -0.4 is 15.2 Å². The van der Waals surface area contributed by atoms with Crippen LogP contribution in [0.4, 0.5) is 26.3 Å². The molecule has 242 valence electrons. The van der Waals surface area contributed by atoms with E-state index in [0.717, 1.165) is 31.5 Å². The van der Waals surface area contributed by atoms with Crippen molar-refractivity contribution in [2.24, 2.45) is 5.73 Å². The van der Waals surface area contributed by atoms with Crippen LogP contribution in [0.3, 0.4) is 0 Å². The first-order valence-electron chi connectivity index (χ1n) is 12.2. The maximum absolute atomic E-state index is 12.2. The summed E-state index contributed by atoms with van der Waals surface area (Å²) in [6, 6.07) is 11.8. The molecule has 3 rings (SSSR count). The number of nitrogens with zero attached hydrogens (tertiary/aromatic N) is 1. The van der Waals surface area contributed by atoms with Crippen molar-refractivity contribution in [3.8, 4) is 11.5 Å². The Bertz CT molecular complexity index is 1290. The van der Waals surface area contributed by atoms with Gasteiger partial charge in [0.25, 0.3) is 0 Å². The molecule has 1 aliphatic heterocycles. The highest BCUT2D eigenvalue weighted by molar-refractivity contribution is 5.98. The number of nitrogens with two attached hydrogens (primary N) is 1. The number of methoxy groups -OCH3 is 1. The highest BCUT2D eigenvalue weighted by Gasteiger charge is 2.38. The summed E-state index contributed by atoms with van der Waals surface area (Å²) in [6.45, 7) is 1.99. The number of esters is 1. The fraction of sp³-hybridized carbons (Fsp3) is 0.346. The molecule has 0 aromatic heterocycles. The van der Waals surface area contributed by atoms with E-state index < -0.39 is 30.3 Å². The van der Waals surface area contributed by atoms with Gasteiger partial charge in [-0.25, -0.2) is 14.4 Å². The highest BCUT2D eigenvalue weighted by Crippen LogP contribution is 2.28.